The summed E-state index contributed by atoms with van der Waals surface area (Å²) in [5, 5.41) is 4.39. The fraction of sp³-hybridized carbons (Fsp3) is 0.444. The standard InChI is InChI=1S/C27H36N4O4S/c1-21(2)29(4)27-25(26(28-35-27)23-8-6-5-7-9-23)20-31(15-14-30-16-18-34-19-17-30)36(32,33)24-12-10-22(3)11-13-24/h5-13,21H,14-20H2,1-4H3. The molecule has 0 bridgehead atoms. The molecule has 194 valence electrons. The van der Waals surface area contributed by atoms with Crippen LogP contribution in [0.4, 0.5) is 5.88 Å². The van der Waals surface area contributed by atoms with E-state index in [1.54, 1.807) is 16.4 Å². The minimum absolute atomic E-state index is 0.149. The number of hydrogen-bond donors (Lipinski definition) is 0. The Hall–Kier alpha value is -2.72. The molecule has 3 aromatic rings. The molecule has 0 atom stereocenters. The normalized spacial score (nSPS) is 15.1. The van der Waals surface area contributed by atoms with E-state index < -0.39 is 10.0 Å². The molecule has 1 aromatic heterocycles. The van der Waals surface area contributed by atoms with Crippen LogP contribution >= 0.6 is 0 Å². The van der Waals surface area contributed by atoms with Crippen LogP contribution in [0.5, 0.6) is 0 Å². The number of nitrogens with zero attached hydrogens (tertiary/aromatic N) is 4. The number of benzene rings is 2. The van der Waals surface area contributed by atoms with Crippen molar-refractivity contribution < 1.29 is 17.7 Å². The molecule has 2 heterocycles. The summed E-state index contributed by atoms with van der Waals surface area (Å²) in [7, 11) is -1.83. The summed E-state index contributed by atoms with van der Waals surface area (Å²) in [4.78, 5) is 4.52. The quantitative estimate of drug-likeness (QED) is 0.406. The van der Waals surface area contributed by atoms with E-state index >= 15 is 0 Å². The van der Waals surface area contributed by atoms with Gasteiger partial charge in [-0.25, -0.2) is 8.42 Å². The minimum atomic E-state index is -3.77. The van der Waals surface area contributed by atoms with Gasteiger partial charge in [-0.2, -0.15) is 4.31 Å². The van der Waals surface area contributed by atoms with Crippen molar-refractivity contribution in [3.8, 4) is 11.3 Å². The molecule has 36 heavy (non-hydrogen) atoms. The maximum Gasteiger partial charge on any atom is 0.243 e. The van der Waals surface area contributed by atoms with Crippen LogP contribution in [-0.4, -0.2) is 75.3 Å². The zero-order chi connectivity index (χ0) is 25.7. The van der Waals surface area contributed by atoms with E-state index in [2.05, 4.69) is 23.9 Å². The molecule has 0 spiro atoms. The van der Waals surface area contributed by atoms with Crippen LogP contribution in [0.25, 0.3) is 11.3 Å². The number of anilines is 1. The van der Waals surface area contributed by atoms with Gasteiger partial charge in [0.15, 0.2) is 0 Å². The molecule has 1 saturated heterocycles. The van der Waals surface area contributed by atoms with E-state index in [9.17, 15) is 8.42 Å². The van der Waals surface area contributed by atoms with E-state index in [1.807, 2.05) is 61.3 Å². The van der Waals surface area contributed by atoms with Gasteiger partial charge in [0.2, 0.25) is 15.9 Å². The summed E-state index contributed by atoms with van der Waals surface area (Å²) in [5.74, 6) is 0.583. The molecule has 9 heteroatoms. The summed E-state index contributed by atoms with van der Waals surface area (Å²) in [6, 6.07) is 16.9. The van der Waals surface area contributed by atoms with Crippen molar-refractivity contribution in [3.05, 3.63) is 65.7 Å². The number of rotatable bonds is 10. The Morgan fingerprint density at radius 3 is 2.33 bits per heavy atom. The fourth-order valence-corrected chi connectivity index (χ4v) is 5.57. The number of hydrogen-bond acceptors (Lipinski definition) is 7. The first-order valence-corrected chi connectivity index (χ1v) is 13.8. The first-order valence-electron chi connectivity index (χ1n) is 12.4. The van der Waals surface area contributed by atoms with E-state index in [0.717, 1.165) is 29.8 Å². The van der Waals surface area contributed by atoms with Crippen molar-refractivity contribution >= 4 is 15.9 Å². The molecule has 0 N–H and O–H groups in total. The molecule has 0 amide bonds. The largest absolute Gasteiger partial charge is 0.379 e. The second kappa shape index (κ2) is 11.6. The lowest BCUT2D eigenvalue weighted by Crippen LogP contribution is -2.43. The maximum absolute atomic E-state index is 13.9. The van der Waals surface area contributed by atoms with Crippen LogP contribution in [0, 0.1) is 6.92 Å². The number of ether oxygens (including phenoxy) is 1. The Morgan fingerprint density at radius 2 is 1.69 bits per heavy atom. The highest BCUT2D eigenvalue weighted by Crippen LogP contribution is 2.34. The highest BCUT2D eigenvalue weighted by atomic mass is 32.2. The van der Waals surface area contributed by atoms with E-state index in [-0.39, 0.29) is 17.5 Å². The Labute approximate surface area is 214 Å². The van der Waals surface area contributed by atoms with Gasteiger partial charge in [-0.05, 0) is 32.9 Å². The topological polar surface area (TPSA) is 79.1 Å². The van der Waals surface area contributed by atoms with Gasteiger partial charge in [0.1, 0.15) is 5.69 Å². The molecular formula is C27H36N4O4S. The zero-order valence-electron chi connectivity index (χ0n) is 21.6. The van der Waals surface area contributed by atoms with Crippen LogP contribution in [0.2, 0.25) is 0 Å². The smallest absolute Gasteiger partial charge is 0.243 e. The summed E-state index contributed by atoms with van der Waals surface area (Å²) < 4.78 is 40.7. The zero-order valence-corrected chi connectivity index (χ0v) is 22.4. The van der Waals surface area contributed by atoms with E-state index in [1.165, 1.54) is 0 Å². The third-order valence-electron chi connectivity index (χ3n) is 6.67. The highest BCUT2D eigenvalue weighted by molar-refractivity contribution is 7.89. The Bertz CT molecular complexity index is 1220. The SMILES string of the molecule is Cc1ccc(S(=O)(=O)N(CCN2CCOCC2)Cc2c(-c3ccccc3)noc2N(C)C(C)C)cc1. The van der Waals surface area contributed by atoms with Gasteiger partial charge in [-0.3, -0.25) is 4.90 Å². The van der Waals surface area contributed by atoms with Crippen molar-refractivity contribution in [1.82, 2.24) is 14.4 Å². The minimum Gasteiger partial charge on any atom is -0.379 e. The van der Waals surface area contributed by atoms with Crippen LogP contribution in [0.3, 0.4) is 0 Å². The van der Waals surface area contributed by atoms with Gasteiger partial charge in [0.25, 0.3) is 0 Å². The third kappa shape index (κ3) is 5.98. The highest BCUT2D eigenvalue weighted by Gasteiger charge is 2.31. The lowest BCUT2D eigenvalue weighted by Gasteiger charge is -2.30. The average Bonchev–Trinajstić information content (AvgIpc) is 3.30. The average molecular weight is 513 g/mol. The molecule has 1 fully saturated rings. The number of aryl methyl sites for hydroxylation is 1. The van der Waals surface area contributed by atoms with Gasteiger partial charge in [-0.1, -0.05) is 53.2 Å². The van der Waals surface area contributed by atoms with Gasteiger partial charge in [0.05, 0.1) is 23.7 Å². The Kier molecular flexibility index (Phi) is 8.46. The van der Waals surface area contributed by atoms with Gasteiger partial charge in [0, 0.05) is 51.4 Å². The first-order chi connectivity index (χ1) is 17.3. The van der Waals surface area contributed by atoms with Crippen molar-refractivity contribution in [2.45, 2.75) is 38.3 Å². The molecule has 1 aliphatic rings. The third-order valence-corrected chi connectivity index (χ3v) is 8.53. The van der Waals surface area contributed by atoms with E-state index in [0.29, 0.717) is 37.9 Å². The van der Waals surface area contributed by atoms with Crippen LogP contribution in [0.15, 0.2) is 64.0 Å². The van der Waals surface area contributed by atoms with Crippen LogP contribution < -0.4 is 4.90 Å². The molecule has 0 saturated carbocycles. The summed E-state index contributed by atoms with van der Waals surface area (Å²) in [5.41, 5.74) is 3.32. The molecule has 0 radical (unpaired) electrons. The van der Waals surface area contributed by atoms with Crippen molar-refractivity contribution in [1.29, 1.82) is 0 Å². The lowest BCUT2D eigenvalue weighted by molar-refractivity contribution is 0.0361. The predicted octanol–water partition coefficient (Wildman–Crippen LogP) is 4.02. The van der Waals surface area contributed by atoms with E-state index in [4.69, 9.17) is 9.26 Å². The number of sulfonamides is 1. The molecular weight excluding hydrogens is 476 g/mol. The molecule has 4 rings (SSSR count). The molecule has 8 nitrogen and oxygen atoms in total. The lowest BCUT2D eigenvalue weighted by atomic mass is 10.1. The van der Waals surface area contributed by atoms with Crippen LogP contribution in [0.1, 0.15) is 25.0 Å². The summed E-state index contributed by atoms with van der Waals surface area (Å²) in [6.07, 6.45) is 0. The Morgan fingerprint density at radius 1 is 1.03 bits per heavy atom. The Balaban J connectivity index is 1.73. The molecule has 1 aliphatic heterocycles. The number of aromatic nitrogens is 1. The summed E-state index contributed by atoms with van der Waals surface area (Å²) in [6.45, 7) is 10.1. The van der Waals surface area contributed by atoms with Crippen molar-refractivity contribution in [3.63, 3.8) is 0 Å². The first kappa shape index (κ1) is 26.3. The maximum atomic E-state index is 13.9. The fourth-order valence-electron chi connectivity index (χ4n) is 4.18. The van der Waals surface area contributed by atoms with Gasteiger partial charge < -0.3 is 14.2 Å². The second-order valence-electron chi connectivity index (χ2n) is 9.49. The predicted molar refractivity (Wildman–Crippen MR) is 142 cm³/mol. The molecule has 2 aromatic carbocycles. The van der Waals surface area contributed by atoms with Gasteiger partial charge >= 0.3 is 0 Å². The molecule has 0 aliphatic carbocycles. The molecule has 0 unspecified atom stereocenters. The number of morpholine rings is 1. The summed E-state index contributed by atoms with van der Waals surface area (Å²) >= 11 is 0. The van der Waals surface area contributed by atoms with Crippen molar-refractivity contribution in [2.75, 3.05) is 51.3 Å². The second-order valence-corrected chi connectivity index (χ2v) is 11.4. The van der Waals surface area contributed by atoms with Crippen molar-refractivity contribution in [2.24, 2.45) is 0 Å². The monoisotopic (exact) mass is 512 g/mol. The van der Waals surface area contributed by atoms with Gasteiger partial charge in [-0.15, -0.1) is 0 Å². The van der Waals surface area contributed by atoms with Crippen LogP contribution in [-0.2, 0) is 21.3 Å².